The lowest BCUT2D eigenvalue weighted by molar-refractivity contribution is 0.0697. The van der Waals surface area contributed by atoms with Crippen molar-refractivity contribution in [3.05, 3.63) is 35.4 Å². The number of carbonyl (C=O) groups is 1. The Morgan fingerprint density at radius 3 is 2.29 bits per heavy atom. The topological polar surface area (TPSA) is 63.3 Å². The lowest BCUT2D eigenvalue weighted by atomic mass is 9.76. The van der Waals surface area contributed by atoms with Gasteiger partial charge < -0.3 is 10.8 Å². The Morgan fingerprint density at radius 2 is 1.86 bits per heavy atom. The summed E-state index contributed by atoms with van der Waals surface area (Å²) in [4.78, 5) is 10.6. The molecule has 0 saturated heterocycles. The van der Waals surface area contributed by atoms with Crippen LogP contribution in [0.25, 0.3) is 0 Å². The zero-order chi connectivity index (χ0) is 10.1. The molecule has 0 atom stereocenters. The fraction of sp³-hybridized carbons (Fsp3) is 0.364. The summed E-state index contributed by atoms with van der Waals surface area (Å²) in [6.45, 7) is 0. The molecule has 3 N–H and O–H groups in total. The van der Waals surface area contributed by atoms with Gasteiger partial charge in [0.1, 0.15) is 0 Å². The van der Waals surface area contributed by atoms with Gasteiger partial charge in [0.05, 0.1) is 5.56 Å². The fourth-order valence-electron chi connectivity index (χ4n) is 1.83. The summed E-state index contributed by atoms with van der Waals surface area (Å²) in [5, 5.41) is 8.71. The highest BCUT2D eigenvalue weighted by Gasteiger charge is 2.26. The summed E-state index contributed by atoms with van der Waals surface area (Å²) in [7, 11) is 0. The monoisotopic (exact) mass is 191 g/mol. The van der Waals surface area contributed by atoms with Crippen LogP contribution in [-0.2, 0) is 0 Å². The van der Waals surface area contributed by atoms with Crippen molar-refractivity contribution in [1.29, 1.82) is 0 Å². The highest BCUT2D eigenvalue weighted by molar-refractivity contribution is 5.87. The van der Waals surface area contributed by atoms with Gasteiger partial charge in [0.15, 0.2) is 0 Å². The molecule has 1 aromatic rings. The third-order valence-corrected chi connectivity index (χ3v) is 2.80. The molecule has 74 valence electrons. The van der Waals surface area contributed by atoms with Gasteiger partial charge in [-0.2, -0.15) is 0 Å². The first-order chi connectivity index (χ1) is 6.66. The average molecular weight is 191 g/mol. The third kappa shape index (κ3) is 1.63. The van der Waals surface area contributed by atoms with Crippen LogP contribution in [0.1, 0.15) is 34.7 Å². The Labute approximate surface area is 82.5 Å². The Hall–Kier alpha value is -1.35. The zero-order valence-corrected chi connectivity index (χ0v) is 7.81. The van der Waals surface area contributed by atoms with Crippen molar-refractivity contribution in [1.82, 2.24) is 0 Å². The van der Waals surface area contributed by atoms with Crippen molar-refractivity contribution in [3.63, 3.8) is 0 Å². The second-order valence-electron chi connectivity index (χ2n) is 3.86. The SMILES string of the molecule is NC1CC(c2ccc(C(=O)O)cc2)C1. The van der Waals surface area contributed by atoms with Crippen LogP contribution in [-0.4, -0.2) is 17.1 Å². The van der Waals surface area contributed by atoms with E-state index in [1.54, 1.807) is 12.1 Å². The highest BCUT2D eigenvalue weighted by atomic mass is 16.4. The van der Waals surface area contributed by atoms with Gasteiger partial charge in [-0.3, -0.25) is 0 Å². The quantitative estimate of drug-likeness (QED) is 0.746. The van der Waals surface area contributed by atoms with E-state index in [0.29, 0.717) is 17.5 Å². The minimum Gasteiger partial charge on any atom is -0.478 e. The molecule has 0 radical (unpaired) electrons. The zero-order valence-electron chi connectivity index (χ0n) is 7.81. The Balaban J connectivity index is 2.10. The lowest BCUT2D eigenvalue weighted by Crippen LogP contribution is -2.34. The average Bonchev–Trinajstić information content (AvgIpc) is 2.13. The molecule has 0 unspecified atom stereocenters. The molecular weight excluding hydrogens is 178 g/mol. The smallest absolute Gasteiger partial charge is 0.335 e. The van der Waals surface area contributed by atoms with Crippen molar-refractivity contribution in [2.75, 3.05) is 0 Å². The van der Waals surface area contributed by atoms with Crippen molar-refractivity contribution in [2.24, 2.45) is 5.73 Å². The molecule has 0 aliphatic heterocycles. The van der Waals surface area contributed by atoms with Gasteiger partial charge in [-0.25, -0.2) is 4.79 Å². The molecule has 3 nitrogen and oxygen atoms in total. The predicted octanol–water partition coefficient (Wildman–Crippen LogP) is 1.59. The maximum atomic E-state index is 10.6. The van der Waals surface area contributed by atoms with Gasteiger partial charge in [0.2, 0.25) is 0 Å². The van der Waals surface area contributed by atoms with Crippen molar-refractivity contribution in [2.45, 2.75) is 24.8 Å². The predicted molar refractivity (Wildman–Crippen MR) is 53.4 cm³/mol. The first kappa shape index (κ1) is 9.21. The third-order valence-electron chi connectivity index (χ3n) is 2.80. The van der Waals surface area contributed by atoms with E-state index in [0.717, 1.165) is 12.8 Å². The molecule has 0 heterocycles. The molecule has 3 heteroatoms. The van der Waals surface area contributed by atoms with E-state index >= 15 is 0 Å². The maximum Gasteiger partial charge on any atom is 0.335 e. The van der Waals surface area contributed by atoms with E-state index < -0.39 is 5.97 Å². The Bertz CT molecular complexity index is 339. The molecule has 0 aromatic heterocycles. The summed E-state index contributed by atoms with van der Waals surface area (Å²) in [6, 6.07) is 7.42. The summed E-state index contributed by atoms with van der Waals surface area (Å²) >= 11 is 0. The minimum absolute atomic E-state index is 0.333. The highest BCUT2D eigenvalue weighted by Crippen LogP contribution is 2.35. The Kier molecular flexibility index (Phi) is 2.25. The van der Waals surface area contributed by atoms with Gasteiger partial charge in [0, 0.05) is 6.04 Å². The fourth-order valence-corrected chi connectivity index (χ4v) is 1.83. The second kappa shape index (κ2) is 3.42. The molecule has 0 amide bonds. The number of carboxylic acids is 1. The normalized spacial score (nSPS) is 25.5. The molecule has 0 spiro atoms. The molecule has 1 aliphatic carbocycles. The van der Waals surface area contributed by atoms with Gasteiger partial charge in [0.25, 0.3) is 0 Å². The van der Waals surface area contributed by atoms with E-state index in [1.807, 2.05) is 12.1 Å². The summed E-state index contributed by atoms with van der Waals surface area (Å²) < 4.78 is 0. The number of rotatable bonds is 2. The first-order valence-corrected chi connectivity index (χ1v) is 4.75. The molecule has 14 heavy (non-hydrogen) atoms. The largest absolute Gasteiger partial charge is 0.478 e. The van der Waals surface area contributed by atoms with E-state index in [4.69, 9.17) is 10.8 Å². The van der Waals surface area contributed by atoms with Gasteiger partial charge >= 0.3 is 5.97 Å². The summed E-state index contributed by atoms with van der Waals surface area (Å²) in [5.74, 6) is -0.338. The standard InChI is InChI=1S/C11H13NO2/c12-10-5-9(6-10)7-1-3-8(4-2-7)11(13)14/h1-4,9-10H,5-6,12H2,(H,13,14). The van der Waals surface area contributed by atoms with Crippen LogP contribution in [0.5, 0.6) is 0 Å². The van der Waals surface area contributed by atoms with E-state index in [9.17, 15) is 4.79 Å². The Morgan fingerprint density at radius 1 is 1.29 bits per heavy atom. The lowest BCUT2D eigenvalue weighted by Gasteiger charge is -2.32. The molecule has 1 aliphatic rings. The molecular formula is C11H13NO2. The number of aromatic carboxylic acids is 1. The van der Waals surface area contributed by atoms with E-state index in [2.05, 4.69) is 0 Å². The number of carboxylic acid groups (broad SMARTS) is 1. The van der Waals surface area contributed by atoms with Crippen LogP contribution >= 0.6 is 0 Å². The molecule has 0 bridgehead atoms. The van der Waals surface area contributed by atoms with Gasteiger partial charge in [-0.05, 0) is 36.5 Å². The number of benzene rings is 1. The molecule has 1 aromatic carbocycles. The van der Waals surface area contributed by atoms with Crippen molar-refractivity contribution >= 4 is 5.97 Å². The van der Waals surface area contributed by atoms with Crippen molar-refractivity contribution in [3.8, 4) is 0 Å². The van der Waals surface area contributed by atoms with E-state index in [1.165, 1.54) is 5.56 Å². The molecule has 1 fully saturated rings. The van der Waals surface area contributed by atoms with Crippen LogP contribution in [0.15, 0.2) is 24.3 Å². The molecule has 2 rings (SSSR count). The van der Waals surface area contributed by atoms with Gasteiger partial charge in [-0.1, -0.05) is 12.1 Å². The van der Waals surface area contributed by atoms with Crippen LogP contribution in [0.4, 0.5) is 0 Å². The molecule has 1 saturated carbocycles. The summed E-state index contributed by atoms with van der Waals surface area (Å²) in [5.41, 5.74) is 7.24. The van der Waals surface area contributed by atoms with Crippen LogP contribution in [0.2, 0.25) is 0 Å². The van der Waals surface area contributed by atoms with Crippen LogP contribution < -0.4 is 5.73 Å². The van der Waals surface area contributed by atoms with Gasteiger partial charge in [-0.15, -0.1) is 0 Å². The van der Waals surface area contributed by atoms with E-state index in [-0.39, 0.29) is 0 Å². The number of hydrogen-bond donors (Lipinski definition) is 2. The number of hydrogen-bond acceptors (Lipinski definition) is 2. The minimum atomic E-state index is -0.873. The summed E-state index contributed by atoms with van der Waals surface area (Å²) in [6.07, 6.45) is 2.04. The van der Waals surface area contributed by atoms with Crippen LogP contribution in [0.3, 0.4) is 0 Å². The number of nitrogens with two attached hydrogens (primary N) is 1. The van der Waals surface area contributed by atoms with Crippen LogP contribution in [0, 0.1) is 0 Å². The van der Waals surface area contributed by atoms with Crippen molar-refractivity contribution < 1.29 is 9.90 Å². The second-order valence-corrected chi connectivity index (χ2v) is 3.86. The maximum absolute atomic E-state index is 10.6. The first-order valence-electron chi connectivity index (χ1n) is 4.75.